The van der Waals surface area contributed by atoms with Gasteiger partial charge >= 0.3 is 0 Å². The monoisotopic (exact) mass is 733 g/mol. The molecule has 56 heavy (non-hydrogen) atoms. The summed E-state index contributed by atoms with van der Waals surface area (Å²) >= 11 is 1.86. The van der Waals surface area contributed by atoms with Crippen LogP contribution < -0.4 is 21.1 Å². The third-order valence-corrected chi connectivity index (χ3v) is 13.2. The van der Waals surface area contributed by atoms with Gasteiger partial charge in [-0.05, 0) is 93.3 Å². The molecule has 265 valence electrons. The zero-order chi connectivity index (χ0) is 37.5. The minimum Gasteiger partial charge on any atom is -0.354 e. The lowest BCUT2D eigenvalue weighted by atomic mass is 9.55. The molecular weight excluding hydrogens is 695 g/mol. The van der Waals surface area contributed by atoms with E-state index in [0.717, 1.165) is 16.9 Å². The molecule has 8 aromatic carbocycles. The first-order valence-electron chi connectivity index (χ1n) is 19.4. The number of hydrogen-bond donors (Lipinski definition) is 1. The molecule has 2 nitrogen and oxygen atoms in total. The van der Waals surface area contributed by atoms with Gasteiger partial charge in [0.1, 0.15) is 0 Å². The number of fused-ring (bicyclic) bond motifs is 7. The Bertz CT molecular complexity index is 3030. The first-order valence-corrected chi connectivity index (χ1v) is 20.2. The average Bonchev–Trinajstić information content (AvgIpc) is 3.62. The summed E-state index contributed by atoms with van der Waals surface area (Å²) in [6, 6.07) is 62.6. The molecule has 1 aromatic heterocycles. The van der Waals surface area contributed by atoms with Crippen LogP contribution in [-0.4, -0.2) is 7.28 Å². The van der Waals surface area contributed by atoms with Gasteiger partial charge in [-0.3, -0.25) is 0 Å². The Morgan fingerprint density at radius 1 is 0.536 bits per heavy atom. The van der Waals surface area contributed by atoms with Gasteiger partial charge in [0.15, 0.2) is 7.28 Å². The van der Waals surface area contributed by atoms with Crippen LogP contribution in [0.5, 0.6) is 0 Å². The summed E-state index contributed by atoms with van der Waals surface area (Å²) in [4.78, 5) is 2.55. The van der Waals surface area contributed by atoms with Crippen LogP contribution in [0, 0.1) is 6.92 Å². The largest absolute Gasteiger partial charge is 0.354 e. The molecule has 0 fully saturated rings. The molecule has 4 heteroatoms. The highest BCUT2D eigenvalue weighted by Crippen LogP contribution is 2.53. The van der Waals surface area contributed by atoms with Crippen molar-refractivity contribution in [2.24, 2.45) is 0 Å². The van der Waals surface area contributed by atoms with E-state index in [1.807, 2.05) is 11.3 Å². The molecule has 2 aliphatic rings. The number of anilines is 5. The number of hydrogen-bond acceptors (Lipinski definition) is 3. The number of nitrogens with zero attached hydrogens (tertiary/aromatic N) is 1. The number of thiophene rings is 1. The first kappa shape index (κ1) is 33.0. The third-order valence-electron chi connectivity index (χ3n) is 12.0. The van der Waals surface area contributed by atoms with Crippen molar-refractivity contribution >= 4 is 78.2 Å². The molecule has 0 spiro atoms. The molecule has 0 aliphatic carbocycles. The Morgan fingerprint density at radius 2 is 1.29 bits per heavy atom. The highest BCUT2D eigenvalue weighted by atomic mass is 32.1. The Morgan fingerprint density at radius 3 is 2.18 bits per heavy atom. The van der Waals surface area contributed by atoms with E-state index in [9.17, 15) is 0 Å². The highest BCUT2D eigenvalue weighted by molar-refractivity contribution is 7.26. The van der Waals surface area contributed by atoms with E-state index in [1.54, 1.807) is 0 Å². The minimum absolute atomic E-state index is 0.141. The van der Waals surface area contributed by atoms with E-state index in [2.05, 4.69) is 208 Å². The van der Waals surface area contributed by atoms with Crippen LogP contribution in [0.1, 0.15) is 30.5 Å². The van der Waals surface area contributed by atoms with Gasteiger partial charge in [0, 0.05) is 43.5 Å². The van der Waals surface area contributed by atoms with E-state index < -0.39 is 0 Å². The van der Waals surface area contributed by atoms with Crippen LogP contribution in [0.15, 0.2) is 170 Å². The number of rotatable bonds is 5. The lowest BCUT2D eigenvalue weighted by Crippen LogP contribution is -2.45. The van der Waals surface area contributed by atoms with Crippen LogP contribution in [0.4, 0.5) is 28.4 Å². The Labute approximate surface area is 333 Å². The van der Waals surface area contributed by atoms with Crippen molar-refractivity contribution in [3.63, 3.8) is 0 Å². The summed E-state index contributed by atoms with van der Waals surface area (Å²) in [6.45, 7) is 6.96. The molecule has 1 N–H and O–H groups in total. The lowest BCUT2D eigenvalue weighted by molar-refractivity contribution is 0.632. The highest BCUT2D eigenvalue weighted by Gasteiger charge is 2.41. The van der Waals surface area contributed by atoms with Crippen LogP contribution in [0.3, 0.4) is 0 Å². The maximum atomic E-state index is 4.04. The molecule has 0 saturated heterocycles. The summed E-state index contributed by atoms with van der Waals surface area (Å²) in [7, 11) is 2.44. The first-order chi connectivity index (χ1) is 27.4. The standard InChI is InChI=1S/C52H38BN2S/c1-32-15-7-8-18-36(32)35-29-40(49-47(31-35)55-46-25-11-10-21-41(46)52(2,3)42-22-14-23-43(53-49)50(42)55)37-28-27-34(33-16-5-4-6-17-33)30-45(37)54-44-24-13-20-39-38-19-9-12-26-48(38)56-51(39)44/h4-31,54H,1-3H3. The third kappa shape index (κ3) is 5.02. The van der Waals surface area contributed by atoms with Crippen molar-refractivity contribution in [1.82, 2.24) is 0 Å². The molecule has 0 saturated carbocycles. The van der Waals surface area contributed by atoms with Gasteiger partial charge in [0.05, 0.1) is 16.1 Å². The van der Waals surface area contributed by atoms with Gasteiger partial charge in [-0.15, -0.1) is 11.3 Å². The van der Waals surface area contributed by atoms with Crippen LogP contribution >= 0.6 is 11.3 Å². The fraction of sp³-hybridized carbons (Fsp3) is 0.0769. The second-order valence-electron chi connectivity index (χ2n) is 15.7. The zero-order valence-electron chi connectivity index (χ0n) is 31.6. The van der Waals surface area contributed by atoms with E-state index in [-0.39, 0.29) is 5.41 Å². The predicted molar refractivity (Wildman–Crippen MR) is 242 cm³/mol. The number of aryl methyl sites for hydroxylation is 1. The summed E-state index contributed by atoms with van der Waals surface area (Å²) in [6.07, 6.45) is 0. The van der Waals surface area contributed by atoms with E-state index >= 15 is 0 Å². The molecule has 9 aromatic rings. The van der Waals surface area contributed by atoms with Crippen molar-refractivity contribution < 1.29 is 0 Å². The fourth-order valence-corrected chi connectivity index (χ4v) is 10.4. The van der Waals surface area contributed by atoms with Crippen molar-refractivity contribution in [3.05, 3.63) is 187 Å². The molecule has 0 amide bonds. The molecule has 2 aliphatic heterocycles. The SMILES string of the molecule is Cc1ccccc1-c1cc(-c2ccc(-c3ccccc3)cc2Nc2cccc3c2sc2ccccc23)c2c(c1)N1c3ccccc3C(C)(C)c3cccc(c31)[B]2. The van der Waals surface area contributed by atoms with Gasteiger partial charge in [-0.25, -0.2) is 0 Å². The van der Waals surface area contributed by atoms with Crippen LogP contribution in [0.25, 0.3) is 53.6 Å². The molecule has 0 atom stereocenters. The maximum Gasteiger partial charge on any atom is 0.197 e. The Hall–Kier alpha value is -6.36. The molecule has 1 radical (unpaired) electrons. The maximum absolute atomic E-state index is 4.04. The molecule has 0 bridgehead atoms. The minimum atomic E-state index is -0.141. The van der Waals surface area contributed by atoms with Gasteiger partial charge in [0.2, 0.25) is 0 Å². The molecule has 0 unspecified atom stereocenters. The second kappa shape index (κ2) is 12.6. The molecule has 11 rings (SSSR count). The quantitative estimate of drug-likeness (QED) is 0.177. The van der Waals surface area contributed by atoms with E-state index in [1.165, 1.54) is 92.7 Å². The second-order valence-corrected chi connectivity index (χ2v) is 16.7. The van der Waals surface area contributed by atoms with Gasteiger partial charge in [-0.1, -0.05) is 153 Å². The topological polar surface area (TPSA) is 15.3 Å². The fourth-order valence-electron chi connectivity index (χ4n) is 9.23. The summed E-state index contributed by atoms with van der Waals surface area (Å²) in [5.41, 5.74) is 19.4. The van der Waals surface area contributed by atoms with Gasteiger partial charge < -0.3 is 10.2 Å². The van der Waals surface area contributed by atoms with Crippen molar-refractivity contribution in [2.45, 2.75) is 26.2 Å². The smallest absolute Gasteiger partial charge is 0.197 e. The molecule has 3 heterocycles. The van der Waals surface area contributed by atoms with Crippen LogP contribution in [-0.2, 0) is 5.41 Å². The van der Waals surface area contributed by atoms with Crippen molar-refractivity contribution in [3.8, 4) is 33.4 Å². The normalized spacial score (nSPS) is 13.5. The van der Waals surface area contributed by atoms with Crippen LogP contribution in [0.2, 0.25) is 0 Å². The summed E-state index contributed by atoms with van der Waals surface area (Å²) in [5.74, 6) is 0. The summed E-state index contributed by atoms with van der Waals surface area (Å²) in [5, 5.41) is 6.62. The Kier molecular flexibility index (Phi) is 7.43. The zero-order valence-corrected chi connectivity index (χ0v) is 32.4. The van der Waals surface area contributed by atoms with E-state index in [0.29, 0.717) is 0 Å². The van der Waals surface area contributed by atoms with Gasteiger partial charge in [0.25, 0.3) is 0 Å². The number of benzene rings is 8. The summed E-state index contributed by atoms with van der Waals surface area (Å²) < 4.78 is 2.56. The van der Waals surface area contributed by atoms with Gasteiger partial charge in [-0.2, -0.15) is 0 Å². The number of nitrogens with one attached hydrogen (secondary N) is 1. The average molecular weight is 734 g/mol. The lowest BCUT2D eigenvalue weighted by Gasteiger charge is -2.46. The predicted octanol–water partition coefficient (Wildman–Crippen LogP) is 13.2. The van der Waals surface area contributed by atoms with E-state index in [4.69, 9.17) is 0 Å². The number of para-hydroxylation sites is 2. The Balaban J connectivity index is 1.19. The molecular formula is C52H38BN2S. The van der Waals surface area contributed by atoms with Crippen molar-refractivity contribution in [2.75, 3.05) is 10.2 Å². The van der Waals surface area contributed by atoms with Crippen molar-refractivity contribution in [1.29, 1.82) is 0 Å².